The largest absolute Gasteiger partial charge is 0.465 e. The molecule has 138 valence electrons. The van der Waals surface area contributed by atoms with E-state index in [0.29, 0.717) is 12.1 Å². The lowest BCUT2D eigenvalue weighted by Gasteiger charge is -2.11. The predicted molar refractivity (Wildman–Crippen MR) is 103 cm³/mol. The average Bonchev–Trinajstić information content (AvgIpc) is 2.69. The highest BCUT2D eigenvalue weighted by molar-refractivity contribution is 5.89. The minimum Gasteiger partial charge on any atom is -0.465 e. The number of aromatic nitrogens is 1. The van der Waals surface area contributed by atoms with E-state index in [4.69, 9.17) is 4.74 Å². The Balaban J connectivity index is 1.80. The number of carbonyl (C=O) groups is 1. The average molecular weight is 354 g/mol. The molecule has 0 bridgehead atoms. The van der Waals surface area contributed by atoms with Gasteiger partial charge in [0.15, 0.2) is 5.96 Å². The third kappa shape index (κ3) is 6.55. The molecule has 2 N–H and O–H groups in total. The zero-order chi connectivity index (χ0) is 18.6. The molecule has 0 spiro atoms. The molecule has 0 atom stereocenters. The van der Waals surface area contributed by atoms with Crippen LogP contribution in [0.25, 0.3) is 0 Å². The van der Waals surface area contributed by atoms with Crippen LogP contribution in [0.3, 0.4) is 0 Å². The fraction of sp³-hybridized carbons (Fsp3) is 0.350. The highest BCUT2D eigenvalue weighted by Gasteiger charge is 2.04. The van der Waals surface area contributed by atoms with Gasteiger partial charge in [-0.3, -0.25) is 9.98 Å². The number of aliphatic imine (C=N–C) groups is 1. The molecule has 2 aromatic rings. The van der Waals surface area contributed by atoms with E-state index in [0.717, 1.165) is 43.1 Å². The van der Waals surface area contributed by atoms with Crippen molar-refractivity contribution in [1.82, 2.24) is 15.6 Å². The fourth-order valence-corrected chi connectivity index (χ4v) is 2.42. The van der Waals surface area contributed by atoms with Crippen LogP contribution < -0.4 is 10.6 Å². The number of esters is 1. The molecule has 1 heterocycles. The highest BCUT2D eigenvalue weighted by Crippen LogP contribution is 2.06. The molecule has 0 saturated carbocycles. The number of hydrogen-bond acceptors (Lipinski definition) is 4. The van der Waals surface area contributed by atoms with Crippen LogP contribution >= 0.6 is 0 Å². The van der Waals surface area contributed by atoms with Crippen molar-refractivity contribution in [2.24, 2.45) is 4.99 Å². The van der Waals surface area contributed by atoms with Gasteiger partial charge in [-0.1, -0.05) is 18.2 Å². The third-order valence-electron chi connectivity index (χ3n) is 3.79. The first kappa shape index (κ1) is 19.4. The van der Waals surface area contributed by atoms with Crippen LogP contribution in [-0.4, -0.2) is 43.7 Å². The van der Waals surface area contributed by atoms with E-state index in [1.54, 1.807) is 18.3 Å². The lowest BCUT2D eigenvalue weighted by molar-refractivity contribution is 0.0600. The Hall–Kier alpha value is -2.89. The summed E-state index contributed by atoms with van der Waals surface area (Å²) in [4.78, 5) is 20.3. The number of pyridine rings is 1. The molecule has 0 aliphatic rings. The van der Waals surface area contributed by atoms with Crippen LogP contribution in [0.5, 0.6) is 0 Å². The van der Waals surface area contributed by atoms with E-state index in [-0.39, 0.29) is 5.97 Å². The maximum absolute atomic E-state index is 11.4. The first-order valence-electron chi connectivity index (χ1n) is 8.82. The molecule has 0 aliphatic heterocycles. The molecule has 6 nitrogen and oxygen atoms in total. The van der Waals surface area contributed by atoms with Crippen molar-refractivity contribution in [1.29, 1.82) is 0 Å². The lowest BCUT2D eigenvalue weighted by atomic mass is 10.1. The van der Waals surface area contributed by atoms with Gasteiger partial charge in [0.1, 0.15) is 0 Å². The topological polar surface area (TPSA) is 75.6 Å². The second-order valence-corrected chi connectivity index (χ2v) is 5.70. The third-order valence-corrected chi connectivity index (χ3v) is 3.79. The highest BCUT2D eigenvalue weighted by atomic mass is 16.5. The second kappa shape index (κ2) is 10.9. The number of nitrogens with one attached hydrogen (secondary N) is 2. The van der Waals surface area contributed by atoms with Crippen LogP contribution in [-0.2, 0) is 17.6 Å². The van der Waals surface area contributed by atoms with Crippen LogP contribution in [0.1, 0.15) is 28.5 Å². The number of benzene rings is 1. The number of methoxy groups -OCH3 is 1. The predicted octanol–water partition coefficient (Wildman–Crippen LogP) is 2.21. The molecule has 0 amide bonds. The van der Waals surface area contributed by atoms with E-state index in [1.807, 2.05) is 37.3 Å². The molecule has 1 aromatic heterocycles. The van der Waals surface area contributed by atoms with E-state index in [2.05, 4.69) is 20.6 Å². The van der Waals surface area contributed by atoms with E-state index >= 15 is 0 Å². The molecule has 0 unspecified atom stereocenters. The Morgan fingerprint density at radius 1 is 1.12 bits per heavy atom. The summed E-state index contributed by atoms with van der Waals surface area (Å²) in [5, 5.41) is 6.57. The fourth-order valence-electron chi connectivity index (χ4n) is 2.42. The molecule has 2 rings (SSSR count). The number of ether oxygens (including phenoxy) is 1. The van der Waals surface area contributed by atoms with E-state index in [1.165, 1.54) is 7.11 Å². The molecular formula is C20H26N4O2. The van der Waals surface area contributed by atoms with Gasteiger partial charge < -0.3 is 15.4 Å². The summed E-state index contributed by atoms with van der Waals surface area (Å²) < 4.78 is 4.71. The normalized spacial score (nSPS) is 11.1. The van der Waals surface area contributed by atoms with Gasteiger partial charge in [-0.25, -0.2) is 4.79 Å². The number of guanidine groups is 1. The Morgan fingerprint density at radius 3 is 2.58 bits per heavy atom. The van der Waals surface area contributed by atoms with Gasteiger partial charge in [-0.05, 0) is 43.2 Å². The lowest BCUT2D eigenvalue weighted by Crippen LogP contribution is -2.38. The summed E-state index contributed by atoms with van der Waals surface area (Å²) in [5.41, 5.74) is 2.75. The number of hydrogen-bond donors (Lipinski definition) is 2. The second-order valence-electron chi connectivity index (χ2n) is 5.70. The molecule has 0 aliphatic carbocycles. The Bertz CT molecular complexity index is 700. The van der Waals surface area contributed by atoms with Gasteiger partial charge >= 0.3 is 5.97 Å². The molecule has 1 aromatic carbocycles. The van der Waals surface area contributed by atoms with E-state index < -0.39 is 0 Å². The van der Waals surface area contributed by atoms with Crippen LogP contribution in [0, 0.1) is 0 Å². The summed E-state index contributed by atoms with van der Waals surface area (Å²) in [5.74, 6) is 0.485. The minimum absolute atomic E-state index is 0.316. The SMILES string of the molecule is CCNC(=NCCc1ccccn1)NCCc1ccc(C(=O)OC)cc1. The van der Waals surface area contributed by atoms with Gasteiger partial charge in [-0.2, -0.15) is 0 Å². The maximum atomic E-state index is 11.4. The monoisotopic (exact) mass is 354 g/mol. The van der Waals surface area contributed by atoms with Gasteiger partial charge in [-0.15, -0.1) is 0 Å². The molecule has 0 saturated heterocycles. The van der Waals surface area contributed by atoms with E-state index in [9.17, 15) is 4.79 Å². The van der Waals surface area contributed by atoms with Gasteiger partial charge in [0.2, 0.25) is 0 Å². The van der Waals surface area contributed by atoms with Crippen LogP contribution in [0.2, 0.25) is 0 Å². The van der Waals surface area contributed by atoms with Crippen LogP contribution in [0.4, 0.5) is 0 Å². The molecule has 0 fully saturated rings. The molecular weight excluding hydrogens is 328 g/mol. The summed E-state index contributed by atoms with van der Waals surface area (Å²) in [6.45, 7) is 4.29. The maximum Gasteiger partial charge on any atom is 0.337 e. The Kier molecular flexibility index (Phi) is 8.12. The zero-order valence-corrected chi connectivity index (χ0v) is 15.4. The molecule has 6 heteroatoms. The molecule has 0 radical (unpaired) electrons. The Morgan fingerprint density at radius 2 is 1.92 bits per heavy atom. The first-order valence-corrected chi connectivity index (χ1v) is 8.82. The van der Waals surface area contributed by atoms with Crippen molar-refractivity contribution < 1.29 is 9.53 Å². The number of carbonyl (C=O) groups excluding carboxylic acids is 1. The summed E-state index contributed by atoms with van der Waals surface area (Å²) in [6, 6.07) is 13.4. The van der Waals surface area contributed by atoms with Crippen molar-refractivity contribution in [3.05, 3.63) is 65.5 Å². The summed E-state index contributed by atoms with van der Waals surface area (Å²) in [7, 11) is 1.38. The van der Waals surface area contributed by atoms with Crippen molar-refractivity contribution >= 4 is 11.9 Å². The van der Waals surface area contributed by atoms with Crippen molar-refractivity contribution in [3.63, 3.8) is 0 Å². The van der Waals surface area contributed by atoms with Crippen LogP contribution in [0.15, 0.2) is 53.7 Å². The number of nitrogens with zero attached hydrogens (tertiary/aromatic N) is 2. The van der Waals surface area contributed by atoms with Gasteiger partial charge in [0, 0.05) is 37.9 Å². The summed E-state index contributed by atoms with van der Waals surface area (Å²) >= 11 is 0. The summed E-state index contributed by atoms with van der Waals surface area (Å²) in [6.07, 6.45) is 3.45. The standard InChI is InChI=1S/C20H26N4O2/c1-3-21-20(24-15-12-18-6-4-5-13-22-18)23-14-11-16-7-9-17(10-8-16)19(25)26-2/h4-10,13H,3,11-12,14-15H2,1-2H3,(H2,21,23,24). The Labute approximate surface area is 154 Å². The smallest absolute Gasteiger partial charge is 0.337 e. The molecule has 26 heavy (non-hydrogen) atoms. The first-order chi connectivity index (χ1) is 12.7. The zero-order valence-electron chi connectivity index (χ0n) is 15.4. The van der Waals surface area contributed by atoms with Crippen molar-refractivity contribution in [2.75, 3.05) is 26.7 Å². The minimum atomic E-state index is -0.316. The quantitative estimate of drug-likeness (QED) is 0.432. The number of rotatable bonds is 8. The van der Waals surface area contributed by atoms with Gasteiger partial charge in [0.05, 0.1) is 12.7 Å². The van der Waals surface area contributed by atoms with Gasteiger partial charge in [0.25, 0.3) is 0 Å². The van der Waals surface area contributed by atoms with Crippen molar-refractivity contribution in [3.8, 4) is 0 Å². The van der Waals surface area contributed by atoms with Crippen molar-refractivity contribution in [2.45, 2.75) is 19.8 Å².